The van der Waals surface area contributed by atoms with Crippen LogP contribution in [-0.4, -0.2) is 96.7 Å². The molecule has 5 atom stereocenters. The summed E-state index contributed by atoms with van der Waals surface area (Å²) in [5.41, 5.74) is 0. The molecule has 0 saturated heterocycles. The fraction of sp³-hybridized carbons (Fsp3) is 0.753. The molecule has 0 heterocycles. The maximum Gasteiger partial charge on any atom is 0.472 e. The summed E-state index contributed by atoms with van der Waals surface area (Å²) in [6.45, 7) is 4.74. The number of carbonyl (C=O) groups is 4. The number of ether oxygens (including phenoxy) is 4. The maximum atomic E-state index is 13.1. The van der Waals surface area contributed by atoms with E-state index in [1.807, 2.05) is 12.2 Å². The van der Waals surface area contributed by atoms with Crippen molar-refractivity contribution in [2.24, 2.45) is 0 Å². The van der Waals surface area contributed by atoms with E-state index in [4.69, 9.17) is 37.0 Å². The molecule has 3 N–H and O–H groups in total. The van der Waals surface area contributed by atoms with Crippen molar-refractivity contribution in [1.29, 1.82) is 0 Å². The molecular formula is C81H142O17P2. The summed E-state index contributed by atoms with van der Waals surface area (Å²) in [4.78, 5) is 72.9. The van der Waals surface area contributed by atoms with Crippen LogP contribution in [0, 0.1) is 0 Å². The lowest BCUT2D eigenvalue weighted by Crippen LogP contribution is -2.30. The molecule has 0 bridgehead atoms. The molecule has 0 spiro atoms. The SMILES string of the molecule is CCCCC/C=C\C/C=C\C/C=C\C/C=C\CCCC(=O)O[C@H](COC(=O)CCCCCCCCCCCCCCC)COP(=O)(O)OC[C@@H](O)COP(=O)(O)OC[C@@H](COC(=O)CCCCCCC/C=C\C=C/CCCCCC)OC(=O)CCCCCCC/C=C\C/C=C\CCCCC. The Hall–Kier alpha value is -4.02. The van der Waals surface area contributed by atoms with E-state index in [0.29, 0.717) is 32.1 Å². The van der Waals surface area contributed by atoms with Crippen LogP contribution in [0.15, 0.2) is 97.2 Å². The van der Waals surface area contributed by atoms with Crippen molar-refractivity contribution in [3.8, 4) is 0 Å². The largest absolute Gasteiger partial charge is 0.472 e. The van der Waals surface area contributed by atoms with Gasteiger partial charge in [-0.05, 0) is 122 Å². The molecule has 0 aliphatic carbocycles. The van der Waals surface area contributed by atoms with Crippen molar-refractivity contribution in [3.63, 3.8) is 0 Å². The van der Waals surface area contributed by atoms with Gasteiger partial charge in [-0.2, -0.15) is 0 Å². The Morgan fingerprint density at radius 1 is 0.290 bits per heavy atom. The van der Waals surface area contributed by atoms with Gasteiger partial charge in [0, 0.05) is 25.7 Å². The second-order valence-electron chi connectivity index (χ2n) is 26.3. The summed E-state index contributed by atoms with van der Waals surface area (Å²) in [5, 5.41) is 10.6. The maximum absolute atomic E-state index is 13.1. The van der Waals surface area contributed by atoms with Crippen molar-refractivity contribution in [2.75, 3.05) is 39.6 Å². The van der Waals surface area contributed by atoms with Crippen molar-refractivity contribution in [1.82, 2.24) is 0 Å². The van der Waals surface area contributed by atoms with Gasteiger partial charge in [-0.1, -0.05) is 285 Å². The number of hydrogen-bond acceptors (Lipinski definition) is 15. The first-order valence-corrected chi connectivity index (χ1v) is 42.5. The average molecular weight is 1450 g/mol. The minimum absolute atomic E-state index is 0.0205. The van der Waals surface area contributed by atoms with Crippen molar-refractivity contribution < 1.29 is 80.2 Å². The van der Waals surface area contributed by atoms with Crippen LogP contribution in [-0.2, 0) is 65.4 Å². The number of phosphoric acid groups is 2. The Bertz CT molecular complexity index is 2270. The summed E-state index contributed by atoms with van der Waals surface area (Å²) < 4.78 is 68.5. The molecule has 0 saturated carbocycles. The third kappa shape index (κ3) is 72.3. The second kappa shape index (κ2) is 73.3. The van der Waals surface area contributed by atoms with E-state index in [2.05, 4.69) is 113 Å². The van der Waals surface area contributed by atoms with Gasteiger partial charge in [0.1, 0.15) is 19.3 Å². The van der Waals surface area contributed by atoms with Crippen LogP contribution in [0.5, 0.6) is 0 Å². The normalized spacial score (nSPS) is 14.4. The Kier molecular flexibility index (Phi) is 70.4. The van der Waals surface area contributed by atoms with E-state index in [-0.39, 0.29) is 25.7 Å². The number of carbonyl (C=O) groups excluding carboxylic acids is 4. The lowest BCUT2D eigenvalue weighted by Gasteiger charge is -2.21. The van der Waals surface area contributed by atoms with Gasteiger partial charge < -0.3 is 33.8 Å². The number of allylic oxidation sites excluding steroid dienone is 16. The highest BCUT2D eigenvalue weighted by atomic mass is 31.2. The van der Waals surface area contributed by atoms with Gasteiger partial charge in [0.05, 0.1) is 26.4 Å². The zero-order chi connectivity index (χ0) is 73.2. The highest BCUT2D eigenvalue weighted by Gasteiger charge is 2.30. The molecule has 0 fully saturated rings. The molecule has 0 aliphatic rings. The van der Waals surface area contributed by atoms with Crippen molar-refractivity contribution >= 4 is 39.5 Å². The van der Waals surface area contributed by atoms with Crippen LogP contribution >= 0.6 is 15.6 Å². The van der Waals surface area contributed by atoms with Gasteiger partial charge in [-0.3, -0.25) is 37.3 Å². The number of unbranched alkanes of at least 4 members (excludes halogenated alkanes) is 33. The Labute approximate surface area is 607 Å². The summed E-state index contributed by atoms with van der Waals surface area (Å²) >= 11 is 0. The summed E-state index contributed by atoms with van der Waals surface area (Å²) in [5.74, 6) is -2.26. The molecule has 17 nitrogen and oxygen atoms in total. The van der Waals surface area contributed by atoms with Crippen LogP contribution in [0.25, 0.3) is 0 Å². The Balaban J connectivity index is 5.42. The highest BCUT2D eigenvalue weighted by Crippen LogP contribution is 2.45. The van der Waals surface area contributed by atoms with E-state index in [0.717, 1.165) is 128 Å². The zero-order valence-corrected chi connectivity index (χ0v) is 64.9. The predicted octanol–water partition coefficient (Wildman–Crippen LogP) is 22.8. The smallest absolute Gasteiger partial charge is 0.462 e. The number of phosphoric ester groups is 2. The molecule has 100 heavy (non-hydrogen) atoms. The first kappa shape index (κ1) is 96.0. The second-order valence-corrected chi connectivity index (χ2v) is 29.2. The first-order valence-electron chi connectivity index (χ1n) is 39.5. The fourth-order valence-electron chi connectivity index (χ4n) is 10.5. The average Bonchev–Trinajstić information content (AvgIpc) is 1.13. The van der Waals surface area contributed by atoms with E-state index < -0.39 is 97.5 Å². The van der Waals surface area contributed by atoms with E-state index in [1.54, 1.807) is 0 Å². The number of aliphatic hydroxyl groups excluding tert-OH is 1. The van der Waals surface area contributed by atoms with E-state index >= 15 is 0 Å². The number of hydrogen-bond donors (Lipinski definition) is 3. The molecule has 0 aliphatic heterocycles. The van der Waals surface area contributed by atoms with Crippen LogP contribution < -0.4 is 0 Å². The van der Waals surface area contributed by atoms with E-state index in [1.165, 1.54) is 122 Å². The summed E-state index contributed by atoms with van der Waals surface area (Å²) in [7, 11) is -9.97. The molecule has 0 aromatic rings. The van der Waals surface area contributed by atoms with Crippen molar-refractivity contribution in [2.45, 2.75) is 354 Å². The minimum Gasteiger partial charge on any atom is -0.462 e. The number of esters is 4. The van der Waals surface area contributed by atoms with Gasteiger partial charge in [0.2, 0.25) is 0 Å². The minimum atomic E-state index is -4.99. The molecule has 0 aromatic carbocycles. The van der Waals surface area contributed by atoms with Gasteiger partial charge in [0.25, 0.3) is 0 Å². The fourth-order valence-corrected chi connectivity index (χ4v) is 12.0. The molecule has 578 valence electrons. The van der Waals surface area contributed by atoms with Gasteiger partial charge >= 0.3 is 39.5 Å². The molecule has 19 heteroatoms. The first-order chi connectivity index (χ1) is 48.7. The standard InChI is InChI=1S/C81H142O17P2/c1-5-9-13-17-21-25-29-33-36-37-40-44-48-52-56-60-64-68-81(86)98-76(71-91-78(83)65-61-57-53-49-45-41-32-28-24-20-16-12-8-4)73-95-99(87,88)93-69-75(82)70-94-100(89,90)96-74-77(97-80(85)67-63-59-55-51-47-43-39-35-31-27-23-19-15-11-7-3)72-92-79(84)66-62-58-54-50-46-42-38-34-30-26-22-18-14-10-6-2/h21,23,25-27,30,33-36,38-40,44,52,56,75-77,82H,5-20,22,24,28-29,31-32,37,41-43,45-51,53-55,57-74H2,1-4H3,(H,87,88)(H,89,90)/b25-21-,27-23-,30-26-,36-33-,38-34-,39-35-,44-40-,56-52-/t75-,76-,77-/m1/s1. The van der Waals surface area contributed by atoms with Gasteiger partial charge in [-0.15, -0.1) is 0 Å². The topological polar surface area (TPSA) is 237 Å². The van der Waals surface area contributed by atoms with E-state index in [9.17, 15) is 43.2 Å². The van der Waals surface area contributed by atoms with Crippen LogP contribution in [0.2, 0.25) is 0 Å². The third-order valence-electron chi connectivity index (χ3n) is 16.5. The molecule has 0 radical (unpaired) electrons. The van der Waals surface area contributed by atoms with Gasteiger partial charge in [0.15, 0.2) is 12.2 Å². The Morgan fingerprint density at radius 3 is 0.880 bits per heavy atom. The molecule has 0 aromatic heterocycles. The van der Waals surface area contributed by atoms with Crippen LogP contribution in [0.4, 0.5) is 0 Å². The molecular weight excluding hydrogens is 1310 g/mol. The monoisotopic (exact) mass is 1450 g/mol. The van der Waals surface area contributed by atoms with Crippen LogP contribution in [0.3, 0.4) is 0 Å². The molecule has 2 unspecified atom stereocenters. The number of aliphatic hydroxyl groups is 1. The molecule has 0 amide bonds. The molecule has 0 rings (SSSR count). The van der Waals surface area contributed by atoms with Gasteiger partial charge in [-0.25, -0.2) is 9.13 Å². The number of rotatable bonds is 74. The van der Waals surface area contributed by atoms with Crippen LogP contribution in [0.1, 0.15) is 336 Å². The lowest BCUT2D eigenvalue weighted by molar-refractivity contribution is -0.161. The third-order valence-corrected chi connectivity index (χ3v) is 18.4. The zero-order valence-electron chi connectivity index (χ0n) is 63.1. The Morgan fingerprint density at radius 2 is 0.530 bits per heavy atom. The highest BCUT2D eigenvalue weighted by molar-refractivity contribution is 7.47. The van der Waals surface area contributed by atoms with Crippen molar-refractivity contribution in [3.05, 3.63) is 97.2 Å². The predicted molar refractivity (Wildman–Crippen MR) is 409 cm³/mol. The quantitative estimate of drug-likeness (QED) is 0.0128. The summed E-state index contributed by atoms with van der Waals surface area (Å²) in [6, 6.07) is 0. The summed E-state index contributed by atoms with van der Waals surface area (Å²) in [6.07, 6.45) is 76.8. The lowest BCUT2D eigenvalue weighted by atomic mass is 10.0.